The van der Waals surface area contributed by atoms with Crippen LogP contribution in [0.5, 0.6) is 0 Å². The number of nitrogens with one attached hydrogen (secondary N) is 1. The Morgan fingerprint density at radius 2 is 2.25 bits per heavy atom. The van der Waals surface area contributed by atoms with Crippen LogP contribution < -0.4 is 11.2 Å². The highest BCUT2D eigenvalue weighted by molar-refractivity contribution is 5.22. The minimum Gasteiger partial charge on any atom is -0.362 e. The first-order chi connectivity index (χ1) is 5.54. The first-order valence-corrected chi connectivity index (χ1v) is 3.67. The van der Waals surface area contributed by atoms with Crippen molar-refractivity contribution in [2.24, 2.45) is 5.73 Å². The molecule has 1 atom stereocenters. The summed E-state index contributed by atoms with van der Waals surface area (Å²) in [5, 5.41) is 0. The smallest absolute Gasteiger partial charge is 0.222 e. The molecule has 0 aliphatic carbocycles. The number of nitrogens with two attached hydrogens (primary N) is 1. The van der Waals surface area contributed by atoms with Crippen molar-refractivity contribution in [1.82, 2.24) is 4.98 Å². The van der Waals surface area contributed by atoms with Gasteiger partial charge in [0, 0.05) is 23.5 Å². The summed E-state index contributed by atoms with van der Waals surface area (Å²) in [5.74, 6) is -0.784. The quantitative estimate of drug-likeness (QED) is 0.656. The van der Waals surface area contributed by atoms with Crippen LogP contribution in [0.3, 0.4) is 0 Å². The number of halogens is 1. The van der Waals surface area contributed by atoms with E-state index in [4.69, 9.17) is 5.73 Å². The maximum absolute atomic E-state index is 12.7. The average molecular weight is 170 g/mol. The molecule has 0 bridgehead atoms. The van der Waals surface area contributed by atoms with Gasteiger partial charge in [-0.05, 0) is 13.8 Å². The van der Waals surface area contributed by atoms with Crippen molar-refractivity contribution in [3.63, 3.8) is 0 Å². The molecule has 1 rings (SSSR count). The highest BCUT2D eigenvalue weighted by atomic mass is 19.1. The molecule has 1 aromatic rings. The number of H-pyrrole nitrogens is 1. The molecule has 0 aliphatic rings. The van der Waals surface area contributed by atoms with Gasteiger partial charge in [-0.3, -0.25) is 4.79 Å². The fourth-order valence-corrected chi connectivity index (χ4v) is 1.16. The van der Waals surface area contributed by atoms with Crippen LogP contribution in [0.4, 0.5) is 4.39 Å². The molecule has 3 nitrogen and oxygen atoms in total. The second-order valence-corrected chi connectivity index (χ2v) is 2.79. The molecule has 0 unspecified atom stereocenters. The van der Waals surface area contributed by atoms with Crippen molar-refractivity contribution in [1.29, 1.82) is 0 Å². The van der Waals surface area contributed by atoms with E-state index in [0.717, 1.165) is 6.20 Å². The molecule has 0 aliphatic heterocycles. The summed E-state index contributed by atoms with van der Waals surface area (Å²) in [5.41, 5.74) is 5.82. The van der Waals surface area contributed by atoms with E-state index in [9.17, 15) is 9.18 Å². The minimum atomic E-state index is -0.784. The molecule has 0 amide bonds. The van der Waals surface area contributed by atoms with Crippen LogP contribution in [0, 0.1) is 12.7 Å². The molecule has 1 heterocycles. The topological polar surface area (TPSA) is 58.9 Å². The van der Waals surface area contributed by atoms with E-state index in [1.807, 2.05) is 0 Å². The highest BCUT2D eigenvalue weighted by Gasteiger charge is 2.11. The normalized spacial score (nSPS) is 13.0. The monoisotopic (exact) mass is 170 g/mol. The van der Waals surface area contributed by atoms with Gasteiger partial charge < -0.3 is 10.7 Å². The van der Waals surface area contributed by atoms with Crippen molar-refractivity contribution in [3.8, 4) is 0 Å². The van der Waals surface area contributed by atoms with Crippen LogP contribution in [-0.2, 0) is 0 Å². The Balaban J connectivity index is 3.44. The van der Waals surface area contributed by atoms with Gasteiger partial charge in [-0.15, -0.1) is 0 Å². The Kier molecular flexibility index (Phi) is 2.28. The maximum atomic E-state index is 12.7. The van der Waals surface area contributed by atoms with Crippen LogP contribution >= 0.6 is 0 Å². The summed E-state index contributed by atoms with van der Waals surface area (Å²) in [6, 6.07) is -0.440. The molecular weight excluding hydrogens is 159 g/mol. The molecule has 1 aromatic heterocycles. The SMILES string of the molecule is Cc1[nH]cc(F)c(=O)c1[C@@H](C)N. The van der Waals surface area contributed by atoms with Gasteiger partial charge in [-0.1, -0.05) is 0 Å². The third kappa shape index (κ3) is 1.38. The van der Waals surface area contributed by atoms with Crippen molar-refractivity contribution in [2.75, 3.05) is 0 Å². The predicted molar refractivity (Wildman–Crippen MR) is 44.4 cm³/mol. The number of rotatable bonds is 1. The van der Waals surface area contributed by atoms with E-state index in [1.165, 1.54) is 0 Å². The van der Waals surface area contributed by atoms with Gasteiger partial charge in [0.1, 0.15) is 0 Å². The highest BCUT2D eigenvalue weighted by Crippen LogP contribution is 2.07. The first kappa shape index (κ1) is 8.93. The zero-order chi connectivity index (χ0) is 9.30. The lowest BCUT2D eigenvalue weighted by Crippen LogP contribution is -2.22. The molecule has 0 saturated heterocycles. The Labute approximate surface area is 69.4 Å². The molecule has 3 N–H and O–H groups in total. The molecule has 0 spiro atoms. The van der Waals surface area contributed by atoms with Gasteiger partial charge in [0.15, 0.2) is 5.82 Å². The summed E-state index contributed by atoms with van der Waals surface area (Å²) >= 11 is 0. The van der Waals surface area contributed by atoms with Crippen LogP contribution in [-0.4, -0.2) is 4.98 Å². The second kappa shape index (κ2) is 3.06. The summed E-state index contributed by atoms with van der Waals surface area (Å²) in [4.78, 5) is 13.8. The van der Waals surface area contributed by atoms with E-state index in [-0.39, 0.29) is 0 Å². The zero-order valence-electron chi connectivity index (χ0n) is 7.02. The molecule has 0 fully saturated rings. The van der Waals surface area contributed by atoms with Crippen LogP contribution in [0.2, 0.25) is 0 Å². The third-order valence-corrected chi connectivity index (χ3v) is 1.74. The fourth-order valence-electron chi connectivity index (χ4n) is 1.16. The molecule has 12 heavy (non-hydrogen) atoms. The third-order valence-electron chi connectivity index (χ3n) is 1.74. The Hall–Kier alpha value is -1.16. The second-order valence-electron chi connectivity index (χ2n) is 2.79. The number of aromatic nitrogens is 1. The molecule has 66 valence electrons. The zero-order valence-corrected chi connectivity index (χ0v) is 7.02. The molecular formula is C8H11FN2O. The van der Waals surface area contributed by atoms with Gasteiger partial charge in [0.2, 0.25) is 5.43 Å². The number of hydrogen-bond donors (Lipinski definition) is 2. The summed E-state index contributed by atoms with van der Waals surface area (Å²) < 4.78 is 12.7. The minimum absolute atomic E-state index is 0.315. The average Bonchev–Trinajstić information content (AvgIpc) is 1.97. The van der Waals surface area contributed by atoms with Crippen molar-refractivity contribution >= 4 is 0 Å². The number of hydrogen-bond acceptors (Lipinski definition) is 2. The van der Waals surface area contributed by atoms with E-state index in [1.54, 1.807) is 13.8 Å². The van der Waals surface area contributed by atoms with Gasteiger partial charge in [0.05, 0.1) is 0 Å². The Bertz CT molecular complexity index is 343. The molecule has 0 saturated carbocycles. The Morgan fingerprint density at radius 1 is 1.67 bits per heavy atom. The van der Waals surface area contributed by atoms with Gasteiger partial charge in [-0.2, -0.15) is 0 Å². The lowest BCUT2D eigenvalue weighted by Gasteiger charge is -2.07. The fraction of sp³-hybridized carbons (Fsp3) is 0.375. The van der Waals surface area contributed by atoms with Gasteiger partial charge in [0.25, 0.3) is 0 Å². The van der Waals surface area contributed by atoms with Crippen molar-refractivity contribution in [3.05, 3.63) is 33.5 Å². The van der Waals surface area contributed by atoms with Gasteiger partial charge in [-0.25, -0.2) is 4.39 Å². The standard InChI is InChI=1S/C8H11FN2O/c1-4(10)7-5(2)11-3-6(9)8(7)12/h3-4H,10H2,1-2H3,(H,11,12)/t4-/m1/s1. The van der Waals surface area contributed by atoms with E-state index in [0.29, 0.717) is 11.3 Å². The molecule has 0 radical (unpaired) electrons. The largest absolute Gasteiger partial charge is 0.362 e. The Morgan fingerprint density at radius 3 is 2.67 bits per heavy atom. The van der Waals surface area contributed by atoms with E-state index >= 15 is 0 Å². The summed E-state index contributed by atoms with van der Waals surface area (Å²) in [6.07, 6.45) is 1.05. The van der Waals surface area contributed by atoms with Crippen molar-refractivity contribution in [2.45, 2.75) is 19.9 Å². The lowest BCUT2D eigenvalue weighted by atomic mass is 10.1. The van der Waals surface area contributed by atoms with Crippen LogP contribution in [0.15, 0.2) is 11.0 Å². The summed E-state index contributed by atoms with van der Waals surface area (Å²) in [6.45, 7) is 3.34. The van der Waals surface area contributed by atoms with E-state index < -0.39 is 17.3 Å². The van der Waals surface area contributed by atoms with Crippen molar-refractivity contribution < 1.29 is 4.39 Å². The number of aryl methyl sites for hydroxylation is 1. The number of aromatic amines is 1. The number of pyridine rings is 1. The summed E-state index contributed by atoms with van der Waals surface area (Å²) in [7, 11) is 0. The molecule has 0 aromatic carbocycles. The first-order valence-electron chi connectivity index (χ1n) is 3.67. The lowest BCUT2D eigenvalue weighted by molar-refractivity contribution is 0.600. The van der Waals surface area contributed by atoms with Crippen LogP contribution in [0.25, 0.3) is 0 Å². The maximum Gasteiger partial charge on any atom is 0.222 e. The van der Waals surface area contributed by atoms with Gasteiger partial charge >= 0.3 is 0 Å². The van der Waals surface area contributed by atoms with Crippen LogP contribution in [0.1, 0.15) is 24.2 Å². The molecule has 4 heteroatoms. The predicted octanol–water partition coefficient (Wildman–Crippen LogP) is 0.842. The van der Waals surface area contributed by atoms with E-state index in [2.05, 4.69) is 4.98 Å².